The second kappa shape index (κ2) is 13.6. The van der Waals surface area contributed by atoms with E-state index in [1.54, 1.807) is 62.6 Å². The van der Waals surface area contributed by atoms with Gasteiger partial charge in [0.25, 0.3) is 5.91 Å². The van der Waals surface area contributed by atoms with Crippen LogP contribution < -0.4 is 15.4 Å². The van der Waals surface area contributed by atoms with Crippen LogP contribution in [-0.2, 0) is 16.1 Å². The molecule has 202 valence electrons. The first-order valence-corrected chi connectivity index (χ1v) is 13.3. The number of nitrogens with one attached hydrogen (secondary N) is 2. The molecule has 0 aliphatic heterocycles. The fourth-order valence-electron chi connectivity index (χ4n) is 3.70. The summed E-state index contributed by atoms with van der Waals surface area (Å²) in [5.41, 5.74) is 1.38. The average Bonchev–Trinajstić information content (AvgIpc) is 3.33. The maximum Gasteiger partial charge on any atom is 0.338 e. The summed E-state index contributed by atoms with van der Waals surface area (Å²) in [5, 5.41) is 15.1. The Hall–Kier alpha value is -3.86. The van der Waals surface area contributed by atoms with E-state index in [1.807, 2.05) is 25.3 Å². The lowest BCUT2D eigenvalue weighted by Gasteiger charge is -2.22. The fraction of sp³-hybridized carbons (Fsp3) is 0.370. The van der Waals surface area contributed by atoms with Crippen molar-refractivity contribution in [3.63, 3.8) is 0 Å². The molecule has 1 atom stereocenters. The summed E-state index contributed by atoms with van der Waals surface area (Å²) in [5.74, 6) is 0.498. The second-order valence-electron chi connectivity index (χ2n) is 8.65. The molecule has 0 fully saturated rings. The molecule has 0 radical (unpaired) electrons. The molecule has 0 aliphatic rings. The SMILES string of the molecule is CCOC(=O)c1cccc(NC(=O)CSc2nnc([C@@H](NC(=O)c3ccc(OC)cc3)C(C)C)n2CC)c1. The highest BCUT2D eigenvalue weighted by Gasteiger charge is 2.26. The van der Waals surface area contributed by atoms with Crippen LogP contribution in [0.4, 0.5) is 5.69 Å². The zero-order valence-electron chi connectivity index (χ0n) is 22.2. The largest absolute Gasteiger partial charge is 0.497 e. The minimum atomic E-state index is -0.444. The van der Waals surface area contributed by atoms with Gasteiger partial charge in [-0.1, -0.05) is 31.7 Å². The number of hydrogen-bond donors (Lipinski definition) is 2. The Morgan fingerprint density at radius 3 is 2.39 bits per heavy atom. The van der Waals surface area contributed by atoms with E-state index in [9.17, 15) is 14.4 Å². The molecule has 38 heavy (non-hydrogen) atoms. The van der Waals surface area contributed by atoms with Crippen LogP contribution in [0.5, 0.6) is 5.75 Å². The molecule has 2 amide bonds. The molecule has 10 nitrogen and oxygen atoms in total. The highest BCUT2D eigenvalue weighted by Crippen LogP contribution is 2.26. The molecular formula is C27H33N5O5S. The maximum absolute atomic E-state index is 12.9. The Morgan fingerprint density at radius 1 is 1.03 bits per heavy atom. The summed E-state index contributed by atoms with van der Waals surface area (Å²) >= 11 is 1.25. The summed E-state index contributed by atoms with van der Waals surface area (Å²) in [7, 11) is 1.57. The van der Waals surface area contributed by atoms with Gasteiger partial charge in [-0.25, -0.2) is 4.79 Å². The van der Waals surface area contributed by atoms with E-state index in [-0.39, 0.29) is 36.1 Å². The normalized spacial score (nSPS) is 11.6. The van der Waals surface area contributed by atoms with Crippen molar-refractivity contribution < 1.29 is 23.9 Å². The number of ether oxygens (including phenoxy) is 2. The van der Waals surface area contributed by atoms with Gasteiger partial charge < -0.3 is 24.7 Å². The summed E-state index contributed by atoms with van der Waals surface area (Å²) in [6.07, 6.45) is 0. The molecule has 0 saturated carbocycles. The Bertz CT molecular complexity index is 1260. The van der Waals surface area contributed by atoms with Gasteiger partial charge >= 0.3 is 5.97 Å². The van der Waals surface area contributed by atoms with E-state index >= 15 is 0 Å². The maximum atomic E-state index is 12.9. The highest BCUT2D eigenvalue weighted by molar-refractivity contribution is 7.99. The van der Waals surface area contributed by atoms with Gasteiger partial charge in [0.2, 0.25) is 5.91 Å². The van der Waals surface area contributed by atoms with Crippen LogP contribution in [0.1, 0.15) is 60.3 Å². The third-order valence-corrected chi connectivity index (χ3v) is 6.60. The van der Waals surface area contributed by atoms with Crippen molar-refractivity contribution in [1.29, 1.82) is 0 Å². The Labute approximate surface area is 226 Å². The van der Waals surface area contributed by atoms with E-state index < -0.39 is 5.97 Å². The molecule has 0 spiro atoms. The number of nitrogens with zero attached hydrogens (tertiary/aromatic N) is 3. The van der Waals surface area contributed by atoms with Gasteiger partial charge in [0.1, 0.15) is 5.75 Å². The smallest absolute Gasteiger partial charge is 0.338 e. The van der Waals surface area contributed by atoms with E-state index in [2.05, 4.69) is 20.8 Å². The van der Waals surface area contributed by atoms with Crippen LogP contribution in [0.3, 0.4) is 0 Å². The van der Waals surface area contributed by atoms with Crippen LogP contribution in [0.25, 0.3) is 0 Å². The monoisotopic (exact) mass is 539 g/mol. The van der Waals surface area contributed by atoms with Gasteiger partial charge in [0.05, 0.1) is 31.1 Å². The number of hydrogen-bond acceptors (Lipinski definition) is 8. The molecule has 1 heterocycles. The Morgan fingerprint density at radius 2 is 1.76 bits per heavy atom. The standard InChI is InChI=1S/C27H33N5O5S/c1-6-32-24(23(17(3)4)29-25(34)18-11-13-21(36-5)14-12-18)30-31-27(32)38-16-22(33)28-20-10-8-9-19(15-20)26(35)37-7-2/h8-15,17,23H,6-7,16H2,1-5H3,(H,28,33)(H,29,34)/t23-/m0/s1. The topological polar surface area (TPSA) is 124 Å². The van der Waals surface area contributed by atoms with Crippen molar-refractivity contribution in [2.45, 2.75) is 45.4 Å². The Balaban J connectivity index is 1.68. The van der Waals surface area contributed by atoms with Crippen molar-refractivity contribution in [3.8, 4) is 5.75 Å². The fourth-order valence-corrected chi connectivity index (χ4v) is 4.51. The predicted octanol–water partition coefficient (Wildman–Crippen LogP) is 4.34. The number of rotatable bonds is 12. The molecule has 0 unspecified atom stereocenters. The van der Waals surface area contributed by atoms with Crippen molar-refractivity contribution in [2.24, 2.45) is 5.92 Å². The first-order valence-electron chi connectivity index (χ1n) is 12.3. The number of thioether (sulfide) groups is 1. The van der Waals surface area contributed by atoms with Gasteiger partial charge in [-0.05, 0) is 62.2 Å². The van der Waals surface area contributed by atoms with E-state index in [0.717, 1.165) is 0 Å². The zero-order chi connectivity index (χ0) is 27.7. The highest BCUT2D eigenvalue weighted by atomic mass is 32.2. The Kier molecular flexibility index (Phi) is 10.3. The molecular weight excluding hydrogens is 506 g/mol. The molecule has 0 aliphatic carbocycles. The first kappa shape index (κ1) is 28.7. The van der Waals surface area contributed by atoms with Crippen LogP contribution in [-0.4, -0.2) is 52.0 Å². The van der Waals surface area contributed by atoms with Gasteiger partial charge in [-0.2, -0.15) is 0 Å². The summed E-state index contributed by atoms with van der Waals surface area (Å²) < 4.78 is 12.1. The average molecular weight is 540 g/mol. The summed E-state index contributed by atoms with van der Waals surface area (Å²) in [6, 6.07) is 13.1. The molecule has 3 rings (SSSR count). The van der Waals surface area contributed by atoms with Crippen molar-refractivity contribution in [2.75, 3.05) is 24.8 Å². The minimum Gasteiger partial charge on any atom is -0.497 e. The first-order chi connectivity index (χ1) is 18.3. The van der Waals surface area contributed by atoms with Crippen LogP contribution in [0.15, 0.2) is 53.7 Å². The number of aromatic nitrogens is 3. The van der Waals surface area contributed by atoms with Gasteiger partial charge in [0, 0.05) is 17.8 Å². The number of benzene rings is 2. The van der Waals surface area contributed by atoms with E-state index in [1.165, 1.54) is 11.8 Å². The molecule has 0 saturated heterocycles. The van der Waals surface area contributed by atoms with E-state index in [4.69, 9.17) is 9.47 Å². The quantitative estimate of drug-likeness (QED) is 0.257. The third kappa shape index (κ3) is 7.34. The third-order valence-electron chi connectivity index (χ3n) is 5.64. The van der Waals surface area contributed by atoms with E-state index in [0.29, 0.717) is 40.1 Å². The van der Waals surface area contributed by atoms with Crippen LogP contribution >= 0.6 is 11.8 Å². The van der Waals surface area contributed by atoms with Crippen LogP contribution in [0.2, 0.25) is 0 Å². The van der Waals surface area contributed by atoms with Gasteiger partial charge in [0.15, 0.2) is 11.0 Å². The molecule has 3 aromatic rings. The molecule has 11 heteroatoms. The molecule has 2 N–H and O–H groups in total. The number of carbonyl (C=O) groups excluding carboxylic acids is 3. The predicted molar refractivity (Wildman–Crippen MR) is 145 cm³/mol. The van der Waals surface area contributed by atoms with Crippen molar-refractivity contribution >= 4 is 35.2 Å². The minimum absolute atomic E-state index is 0.0412. The molecule has 1 aromatic heterocycles. The number of esters is 1. The molecule has 2 aromatic carbocycles. The number of methoxy groups -OCH3 is 1. The number of anilines is 1. The number of carbonyl (C=O) groups is 3. The summed E-state index contributed by atoms with van der Waals surface area (Å²) in [4.78, 5) is 37.5. The molecule has 0 bridgehead atoms. The lowest BCUT2D eigenvalue weighted by atomic mass is 10.0. The van der Waals surface area contributed by atoms with Crippen LogP contribution in [0, 0.1) is 5.92 Å². The van der Waals surface area contributed by atoms with Gasteiger partial charge in [-0.15, -0.1) is 10.2 Å². The number of amides is 2. The zero-order valence-corrected chi connectivity index (χ0v) is 23.0. The summed E-state index contributed by atoms with van der Waals surface area (Å²) in [6.45, 7) is 8.53. The van der Waals surface area contributed by atoms with Crippen molar-refractivity contribution in [1.82, 2.24) is 20.1 Å². The second-order valence-corrected chi connectivity index (χ2v) is 9.59. The van der Waals surface area contributed by atoms with Crippen molar-refractivity contribution in [3.05, 3.63) is 65.5 Å². The lowest BCUT2D eigenvalue weighted by molar-refractivity contribution is -0.113. The lowest BCUT2D eigenvalue weighted by Crippen LogP contribution is -2.33. The van der Waals surface area contributed by atoms with Gasteiger partial charge in [-0.3, -0.25) is 9.59 Å².